The summed E-state index contributed by atoms with van der Waals surface area (Å²) in [5.41, 5.74) is 4.15. The number of carbonyl (C=O) groups is 2. The largest absolute Gasteiger partial charge is 0.496 e. The standard InChI is InChI=1S/C29H28N4O3S/c1-36-26-16-24(30-22-9-5-4-8-21(22)26)29(35)33-14-12-19(13-15-33)28-32-25(17-37-28)27(34)31-23-11-10-18-6-2-3-7-20(18)23/h2-9,16-17,19,23H,10-15H2,1H3,(H,31,34). The van der Waals surface area contributed by atoms with Crippen molar-refractivity contribution in [3.63, 3.8) is 0 Å². The zero-order valence-corrected chi connectivity index (χ0v) is 21.5. The number of para-hydroxylation sites is 1. The number of hydrogen-bond donors (Lipinski definition) is 1. The number of fused-ring (bicyclic) bond motifs is 2. The summed E-state index contributed by atoms with van der Waals surface area (Å²) in [6.45, 7) is 1.25. The minimum absolute atomic E-state index is 0.0467. The first-order valence-corrected chi connectivity index (χ1v) is 13.6. The zero-order chi connectivity index (χ0) is 25.4. The summed E-state index contributed by atoms with van der Waals surface area (Å²) >= 11 is 1.54. The molecule has 1 atom stereocenters. The van der Waals surface area contributed by atoms with Gasteiger partial charge in [0.15, 0.2) is 0 Å². The molecule has 1 N–H and O–H groups in total. The highest BCUT2D eigenvalue weighted by Gasteiger charge is 2.29. The van der Waals surface area contributed by atoms with Gasteiger partial charge < -0.3 is 15.0 Å². The molecule has 2 amide bonds. The van der Waals surface area contributed by atoms with E-state index in [1.54, 1.807) is 13.2 Å². The molecular weight excluding hydrogens is 484 g/mol. The van der Waals surface area contributed by atoms with E-state index in [2.05, 4.69) is 22.4 Å². The number of likely N-dealkylation sites (tertiary alicyclic amines) is 1. The number of methoxy groups -OCH3 is 1. The van der Waals surface area contributed by atoms with Crippen LogP contribution in [0.4, 0.5) is 0 Å². The van der Waals surface area contributed by atoms with Gasteiger partial charge in [0.1, 0.15) is 17.1 Å². The Kier molecular flexibility index (Phi) is 6.34. The van der Waals surface area contributed by atoms with E-state index in [9.17, 15) is 9.59 Å². The number of hydrogen-bond acceptors (Lipinski definition) is 6. The summed E-state index contributed by atoms with van der Waals surface area (Å²) in [5.74, 6) is 0.687. The summed E-state index contributed by atoms with van der Waals surface area (Å²) in [6.07, 6.45) is 3.52. The molecule has 4 aromatic rings. The number of thiazole rings is 1. The lowest BCUT2D eigenvalue weighted by Crippen LogP contribution is -2.38. The molecule has 0 radical (unpaired) electrons. The Bertz CT molecular complexity index is 1480. The van der Waals surface area contributed by atoms with Gasteiger partial charge in [-0.25, -0.2) is 9.97 Å². The van der Waals surface area contributed by atoms with E-state index < -0.39 is 0 Å². The number of benzene rings is 2. The molecule has 0 saturated carbocycles. The van der Waals surface area contributed by atoms with Crippen LogP contribution in [-0.4, -0.2) is 46.9 Å². The Hall–Kier alpha value is -3.78. The fraction of sp³-hybridized carbons (Fsp3) is 0.310. The van der Waals surface area contributed by atoms with Crippen LogP contribution in [0, 0.1) is 0 Å². The number of carbonyl (C=O) groups excluding carboxylic acids is 2. The number of amides is 2. The zero-order valence-electron chi connectivity index (χ0n) is 20.6. The number of rotatable bonds is 5. The minimum atomic E-state index is -0.117. The van der Waals surface area contributed by atoms with Gasteiger partial charge in [-0.3, -0.25) is 9.59 Å². The van der Waals surface area contributed by atoms with Gasteiger partial charge in [-0.15, -0.1) is 11.3 Å². The van der Waals surface area contributed by atoms with Gasteiger partial charge in [0.25, 0.3) is 11.8 Å². The smallest absolute Gasteiger partial charge is 0.272 e. The molecule has 1 aliphatic heterocycles. The number of nitrogens with zero attached hydrogens (tertiary/aromatic N) is 3. The van der Waals surface area contributed by atoms with Crippen molar-refractivity contribution >= 4 is 34.1 Å². The van der Waals surface area contributed by atoms with Gasteiger partial charge in [0, 0.05) is 35.8 Å². The predicted octanol–water partition coefficient (Wildman–Crippen LogP) is 5.14. The molecule has 0 bridgehead atoms. The lowest BCUT2D eigenvalue weighted by molar-refractivity contribution is 0.0707. The number of aryl methyl sites for hydroxylation is 1. The molecule has 3 heterocycles. The lowest BCUT2D eigenvalue weighted by Gasteiger charge is -2.31. The van der Waals surface area contributed by atoms with Gasteiger partial charge in [-0.2, -0.15) is 0 Å². The Morgan fingerprint density at radius 3 is 2.62 bits per heavy atom. The average molecular weight is 513 g/mol. The third kappa shape index (κ3) is 4.57. The Morgan fingerprint density at radius 2 is 1.78 bits per heavy atom. The summed E-state index contributed by atoms with van der Waals surface area (Å²) in [7, 11) is 1.61. The van der Waals surface area contributed by atoms with Crippen LogP contribution in [0.1, 0.15) is 68.3 Å². The number of pyridine rings is 1. The Morgan fingerprint density at radius 1 is 1.00 bits per heavy atom. The summed E-state index contributed by atoms with van der Waals surface area (Å²) < 4.78 is 5.51. The molecule has 188 valence electrons. The maximum Gasteiger partial charge on any atom is 0.272 e. The number of aromatic nitrogens is 2. The number of ether oxygens (including phenoxy) is 1. The molecule has 2 aromatic carbocycles. The van der Waals surface area contributed by atoms with Crippen LogP contribution >= 0.6 is 11.3 Å². The number of nitrogens with one attached hydrogen (secondary N) is 1. The van der Waals surface area contributed by atoms with E-state index in [0.717, 1.165) is 41.6 Å². The normalized spacial score (nSPS) is 17.5. The molecule has 2 aliphatic rings. The highest BCUT2D eigenvalue weighted by Crippen LogP contribution is 2.33. The highest BCUT2D eigenvalue weighted by molar-refractivity contribution is 7.09. The van der Waals surface area contributed by atoms with Crippen LogP contribution in [0.3, 0.4) is 0 Å². The van der Waals surface area contributed by atoms with Crippen LogP contribution in [-0.2, 0) is 6.42 Å². The predicted molar refractivity (Wildman–Crippen MR) is 143 cm³/mol. The highest BCUT2D eigenvalue weighted by atomic mass is 32.1. The topological polar surface area (TPSA) is 84.4 Å². The summed E-state index contributed by atoms with van der Waals surface area (Å²) in [6, 6.07) is 17.7. The SMILES string of the molecule is COc1cc(C(=O)N2CCC(c3nc(C(=O)NC4CCc5ccccc54)cs3)CC2)nc2ccccc12. The Labute approximate surface area is 219 Å². The molecule has 0 spiro atoms. The third-order valence-electron chi connectivity index (χ3n) is 7.44. The van der Waals surface area contributed by atoms with E-state index in [1.165, 1.54) is 22.5 Å². The van der Waals surface area contributed by atoms with Gasteiger partial charge in [0.05, 0.1) is 23.7 Å². The molecule has 6 rings (SSSR count). The van der Waals surface area contributed by atoms with Crippen molar-refractivity contribution in [2.45, 2.75) is 37.6 Å². The van der Waals surface area contributed by atoms with E-state index in [4.69, 9.17) is 9.72 Å². The maximum atomic E-state index is 13.2. The average Bonchev–Trinajstić information content (AvgIpc) is 3.60. The molecule has 8 heteroatoms. The molecule has 1 aliphatic carbocycles. The Balaban J connectivity index is 1.09. The van der Waals surface area contributed by atoms with E-state index in [-0.39, 0.29) is 23.8 Å². The van der Waals surface area contributed by atoms with E-state index in [1.807, 2.05) is 46.7 Å². The second-order valence-corrected chi connectivity index (χ2v) is 10.5. The second kappa shape index (κ2) is 9.94. The van der Waals surface area contributed by atoms with Crippen LogP contribution in [0.25, 0.3) is 10.9 Å². The van der Waals surface area contributed by atoms with Crippen molar-refractivity contribution in [3.05, 3.63) is 87.5 Å². The van der Waals surface area contributed by atoms with Crippen LogP contribution in [0.15, 0.2) is 60.0 Å². The maximum absolute atomic E-state index is 13.2. The first-order chi connectivity index (χ1) is 18.1. The van der Waals surface area contributed by atoms with Gasteiger partial charge in [-0.1, -0.05) is 36.4 Å². The van der Waals surface area contributed by atoms with E-state index >= 15 is 0 Å². The lowest BCUT2D eigenvalue weighted by atomic mass is 9.97. The van der Waals surface area contributed by atoms with Crippen molar-refractivity contribution in [1.29, 1.82) is 0 Å². The summed E-state index contributed by atoms with van der Waals surface area (Å²) in [4.78, 5) is 37.3. The van der Waals surface area contributed by atoms with Crippen molar-refractivity contribution in [2.75, 3.05) is 20.2 Å². The fourth-order valence-electron chi connectivity index (χ4n) is 5.43. The van der Waals surface area contributed by atoms with Crippen molar-refractivity contribution in [3.8, 4) is 5.75 Å². The van der Waals surface area contributed by atoms with Crippen molar-refractivity contribution in [1.82, 2.24) is 20.2 Å². The third-order valence-corrected chi connectivity index (χ3v) is 8.45. The number of piperidine rings is 1. The monoisotopic (exact) mass is 512 g/mol. The molecule has 1 saturated heterocycles. The van der Waals surface area contributed by atoms with Crippen molar-refractivity contribution in [2.24, 2.45) is 0 Å². The van der Waals surface area contributed by atoms with Gasteiger partial charge in [-0.05, 0) is 48.9 Å². The molecule has 2 aromatic heterocycles. The van der Waals surface area contributed by atoms with Gasteiger partial charge in [0.2, 0.25) is 0 Å². The summed E-state index contributed by atoms with van der Waals surface area (Å²) in [5, 5.41) is 6.88. The van der Waals surface area contributed by atoms with Crippen LogP contribution in [0.2, 0.25) is 0 Å². The van der Waals surface area contributed by atoms with Crippen molar-refractivity contribution < 1.29 is 14.3 Å². The fourth-order valence-corrected chi connectivity index (χ4v) is 6.40. The first-order valence-electron chi connectivity index (χ1n) is 12.7. The molecule has 37 heavy (non-hydrogen) atoms. The van der Waals surface area contributed by atoms with Gasteiger partial charge >= 0.3 is 0 Å². The minimum Gasteiger partial charge on any atom is -0.496 e. The molecule has 7 nitrogen and oxygen atoms in total. The molecular formula is C29H28N4O3S. The first kappa shape index (κ1) is 23.6. The molecule has 1 unspecified atom stereocenters. The van der Waals surface area contributed by atoms with Crippen LogP contribution in [0.5, 0.6) is 5.75 Å². The van der Waals surface area contributed by atoms with Crippen LogP contribution < -0.4 is 10.1 Å². The second-order valence-electron chi connectivity index (χ2n) is 9.63. The van der Waals surface area contributed by atoms with E-state index in [0.29, 0.717) is 30.2 Å². The molecule has 1 fully saturated rings. The quantitative estimate of drug-likeness (QED) is 0.400.